The molecule has 0 aliphatic rings. The summed E-state index contributed by atoms with van der Waals surface area (Å²) < 4.78 is 1.98. The zero-order chi connectivity index (χ0) is 20.1. The second-order valence-electron chi connectivity index (χ2n) is 6.94. The van der Waals surface area contributed by atoms with Gasteiger partial charge in [-0.3, -0.25) is 4.79 Å². The van der Waals surface area contributed by atoms with Gasteiger partial charge in [-0.2, -0.15) is 0 Å². The van der Waals surface area contributed by atoms with Crippen molar-refractivity contribution in [1.82, 2.24) is 9.55 Å². The van der Waals surface area contributed by atoms with Crippen LogP contribution in [0.15, 0.2) is 53.8 Å². The first-order valence-electron chi connectivity index (χ1n) is 9.17. The molecule has 28 heavy (non-hydrogen) atoms. The Kier molecular flexibility index (Phi) is 6.54. The highest BCUT2D eigenvalue weighted by Gasteiger charge is 2.12. The van der Waals surface area contributed by atoms with E-state index in [1.54, 1.807) is 0 Å². The van der Waals surface area contributed by atoms with E-state index in [1.807, 2.05) is 42.8 Å². The number of rotatable bonds is 7. The van der Waals surface area contributed by atoms with Crippen LogP contribution in [-0.4, -0.2) is 26.3 Å². The summed E-state index contributed by atoms with van der Waals surface area (Å²) in [7, 11) is 0. The Balaban J connectivity index is 1.67. The van der Waals surface area contributed by atoms with E-state index in [-0.39, 0.29) is 18.3 Å². The minimum absolute atomic E-state index is 0.0749. The molecule has 3 rings (SSSR count). The quantitative estimate of drug-likeness (QED) is 0.592. The number of hydrogen-bond donors (Lipinski definition) is 2. The molecule has 1 heterocycles. The Labute approximate surface area is 169 Å². The molecule has 0 unspecified atom stereocenters. The molecule has 2 aromatic carbocycles. The number of imidazole rings is 1. The van der Waals surface area contributed by atoms with Crippen molar-refractivity contribution >= 4 is 23.4 Å². The average Bonchev–Trinajstić information content (AvgIpc) is 3.07. The average molecular weight is 396 g/mol. The molecule has 0 saturated heterocycles. The normalized spacial score (nSPS) is 10.9. The van der Waals surface area contributed by atoms with Crippen molar-refractivity contribution in [1.29, 1.82) is 0 Å². The number of benzene rings is 2. The summed E-state index contributed by atoms with van der Waals surface area (Å²) in [6, 6.07) is 14.3. The van der Waals surface area contributed by atoms with Gasteiger partial charge in [0.25, 0.3) is 0 Å². The highest BCUT2D eigenvalue weighted by Crippen LogP contribution is 2.21. The molecular formula is C22H25N3O2S. The minimum Gasteiger partial charge on any atom is -0.390 e. The van der Waals surface area contributed by atoms with Crippen molar-refractivity contribution < 1.29 is 9.90 Å². The van der Waals surface area contributed by atoms with E-state index in [2.05, 4.69) is 41.5 Å². The first-order chi connectivity index (χ1) is 13.4. The van der Waals surface area contributed by atoms with Crippen LogP contribution in [0.4, 0.5) is 5.69 Å². The fraction of sp³-hybridized carbons (Fsp3) is 0.273. The van der Waals surface area contributed by atoms with Crippen LogP contribution in [0.25, 0.3) is 0 Å². The summed E-state index contributed by atoms with van der Waals surface area (Å²) in [5.74, 6) is 0.178. The third kappa shape index (κ3) is 5.24. The Morgan fingerprint density at radius 1 is 1.11 bits per heavy atom. The molecule has 3 aromatic rings. The maximum atomic E-state index is 12.4. The van der Waals surface area contributed by atoms with Gasteiger partial charge in [0.1, 0.15) is 0 Å². The van der Waals surface area contributed by atoms with Crippen LogP contribution in [-0.2, 0) is 17.9 Å². The Morgan fingerprint density at radius 3 is 2.54 bits per heavy atom. The summed E-state index contributed by atoms with van der Waals surface area (Å²) in [5, 5.41) is 13.1. The number of carbonyl (C=O) groups is 1. The molecule has 0 bridgehead atoms. The van der Waals surface area contributed by atoms with E-state index >= 15 is 0 Å². The summed E-state index contributed by atoms with van der Waals surface area (Å²) >= 11 is 1.37. The number of nitrogens with one attached hydrogen (secondary N) is 1. The van der Waals surface area contributed by atoms with E-state index in [0.717, 1.165) is 27.5 Å². The molecule has 0 aliphatic heterocycles. The number of hydrogen-bond acceptors (Lipinski definition) is 4. The highest BCUT2D eigenvalue weighted by atomic mass is 32.2. The van der Waals surface area contributed by atoms with E-state index in [9.17, 15) is 9.90 Å². The van der Waals surface area contributed by atoms with Gasteiger partial charge in [-0.25, -0.2) is 4.98 Å². The van der Waals surface area contributed by atoms with Gasteiger partial charge in [-0.05, 0) is 43.5 Å². The van der Waals surface area contributed by atoms with Crippen molar-refractivity contribution in [2.45, 2.75) is 39.1 Å². The monoisotopic (exact) mass is 395 g/mol. The molecule has 0 spiro atoms. The van der Waals surface area contributed by atoms with Crippen LogP contribution in [0.1, 0.15) is 27.9 Å². The molecule has 0 atom stereocenters. The number of aromatic nitrogens is 2. The van der Waals surface area contributed by atoms with Crippen molar-refractivity contribution in [2.75, 3.05) is 11.1 Å². The van der Waals surface area contributed by atoms with Crippen molar-refractivity contribution in [3.8, 4) is 0 Å². The molecule has 1 amide bonds. The Bertz CT molecular complexity index is 964. The lowest BCUT2D eigenvalue weighted by Crippen LogP contribution is -2.15. The molecule has 2 N–H and O–H groups in total. The number of thioether (sulfide) groups is 1. The van der Waals surface area contributed by atoms with Gasteiger partial charge in [-0.1, -0.05) is 53.7 Å². The van der Waals surface area contributed by atoms with Gasteiger partial charge in [-0.15, -0.1) is 0 Å². The molecule has 0 radical (unpaired) electrons. The van der Waals surface area contributed by atoms with Crippen LogP contribution in [0.2, 0.25) is 0 Å². The maximum absolute atomic E-state index is 12.4. The zero-order valence-corrected chi connectivity index (χ0v) is 17.2. The smallest absolute Gasteiger partial charge is 0.234 e. The largest absolute Gasteiger partial charge is 0.390 e. The lowest BCUT2D eigenvalue weighted by molar-refractivity contribution is -0.113. The summed E-state index contributed by atoms with van der Waals surface area (Å²) in [4.78, 5) is 16.9. The molecule has 5 nitrogen and oxygen atoms in total. The molecule has 0 aliphatic carbocycles. The van der Waals surface area contributed by atoms with Crippen LogP contribution in [0.3, 0.4) is 0 Å². The van der Waals surface area contributed by atoms with Gasteiger partial charge in [0.15, 0.2) is 5.16 Å². The highest BCUT2D eigenvalue weighted by molar-refractivity contribution is 7.99. The third-order valence-electron chi connectivity index (χ3n) is 4.42. The first kappa shape index (κ1) is 20.2. The maximum Gasteiger partial charge on any atom is 0.234 e. The van der Waals surface area contributed by atoms with Crippen LogP contribution >= 0.6 is 11.8 Å². The molecule has 1 aromatic heterocycles. The van der Waals surface area contributed by atoms with Gasteiger partial charge in [0.05, 0.1) is 18.1 Å². The van der Waals surface area contributed by atoms with E-state index in [1.165, 1.54) is 17.3 Å². The van der Waals surface area contributed by atoms with Gasteiger partial charge < -0.3 is 15.0 Å². The zero-order valence-electron chi connectivity index (χ0n) is 16.4. The minimum atomic E-state index is -0.122. The lowest BCUT2D eigenvalue weighted by atomic mass is 10.1. The second kappa shape index (κ2) is 9.08. The SMILES string of the molecule is Cc1ccc(Cn2cc(CO)nc2SCC(=O)Nc2cc(C)ccc2C)cc1. The summed E-state index contributed by atoms with van der Waals surface area (Å²) in [5.41, 5.74) is 5.94. The predicted molar refractivity (Wildman–Crippen MR) is 114 cm³/mol. The molecule has 6 heteroatoms. The fourth-order valence-electron chi connectivity index (χ4n) is 2.83. The molecule has 0 saturated carbocycles. The van der Waals surface area contributed by atoms with Gasteiger partial charge in [0, 0.05) is 18.4 Å². The van der Waals surface area contributed by atoms with Crippen LogP contribution in [0.5, 0.6) is 0 Å². The number of nitrogens with zero attached hydrogens (tertiary/aromatic N) is 2. The summed E-state index contributed by atoms with van der Waals surface area (Å²) in [6.07, 6.45) is 1.84. The first-order valence-corrected chi connectivity index (χ1v) is 10.2. The van der Waals surface area contributed by atoms with Gasteiger partial charge in [0.2, 0.25) is 5.91 Å². The number of aliphatic hydroxyl groups is 1. The number of anilines is 1. The number of carbonyl (C=O) groups excluding carboxylic acids is 1. The Morgan fingerprint density at radius 2 is 1.82 bits per heavy atom. The van der Waals surface area contributed by atoms with Crippen LogP contribution < -0.4 is 5.32 Å². The number of aliphatic hydroxyl groups excluding tert-OH is 1. The molecule has 146 valence electrons. The summed E-state index contributed by atoms with van der Waals surface area (Å²) in [6.45, 7) is 6.56. The van der Waals surface area contributed by atoms with Crippen molar-refractivity contribution in [3.05, 3.63) is 76.6 Å². The molecular weight excluding hydrogens is 370 g/mol. The molecule has 0 fully saturated rings. The number of aryl methyl sites for hydroxylation is 3. The number of amides is 1. The van der Waals surface area contributed by atoms with E-state index in [0.29, 0.717) is 12.2 Å². The third-order valence-corrected chi connectivity index (χ3v) is 5.42. The van der Waals surface area contributed by atoms with Crippen molar-refractivity contribution in [3.63, 3.8) is 0 Å². The second-order valence-corrected chi connectivity index (χ2v) is 7.88. The lowest BCUT2D eigenvalue weighted by Gasteiger charge is -2.10. The van der Waals surface area contributed by atoms with E-state index < -0.39 is 0 Å². The standard InChI is InChI=1S/C22H25N3O2S/c1-15-5-8-18(9-6-15)11-25-12-19(13-26)23-22(25)28-14-21(27)24-20-10-16(2)4-7-17(20)3/h4-10,12,26H,11,13-14H2,1-3H3,(H,24,27). The Hall–Kier alpha value is -2.57. The van der Waals surface area contributed by atoms with Crippen LogP contribution in [0, 0.1) is 20.8 Å². The topological polar surface area (TPSA) is 67.1 Å². The van der Waals surface area contributed by atoms with E-state index in [4.69, 9.17) is 0 Å². The predicted octanol–water partition coefficient (Wildman–Crippen LogP) is 4.08. The fourth-order valence-corrected chi connectivity index (χ4v) is 3.63. The van der Waals surface area contributed by atoms with Crippen molar-refractivity contribution in [2.24, 2.45) is 0 Å². The van der Waals surface area contributed by atoms with Gasteiger partial charge >= 0.3 is 0 Å².